The Morgan fingerprint density at radius 1 is 0.273 bits per heavy atom. The second kappa shape index (κ2) is 63.0. The van der Waals surface area contributed by atoms with Crippen LogP contribution in [-0.4, -0.2) is 37.2 Å². The lowest BCUT2D eigenvalue weighted by molar-refractivity contribution is -0.167. The molecule has 0 aliphatic carbocycles. The molecule has 6 heteroatoms. The second-order valence-corrected chi connectivity index (χ2v) is 19.1. The van der Waals surface area contributed by atoms with Gasteiger partial charge in [0.25, 0.3) is 0 Å². The van der Waals surface area contributed by atoms with Crippen LogP contribution in [0.15, 0.2) is 182 Å². The predicted molar refractivity (Wildman–Crippen MR) is 334 cm³/mol. The maximum absolute atomic E-state index is 12.8. The Morgan fingerprint density at radius 2 is 0.519 bits per heavy atom. The Balaban J connectivity index is 4.28. The minimum Gasteiger partial charge on any atom is -0.462 e. The molecule has 0 fully saturated rings. The maximum Gasteiger partial charge on any atom is 0.306 e. The van der Waals surface area contributed by atoms with Crippen molar-refractivity contribution >= 4 is 17.9 Å². The van der Waals surface area contributed by atoms with Gasteiger partial charge in [-0.25, -0.2) is 0 Å². The number of esters is 3. The lowest BCUT2D eigenvalue weighted by Gasteiger charge is -2.18. The van der Waals surface area contributed by atoms with E-state index in [1.807, 2.05) is 0 Å². The summed E-state index contributed by atoms with van der Waals surface area (Å²) in [5.74, 6) is -1.02. The van der Waals surface area contributed by atoms with Crippen LogP contribution >= 0.6 is 0 Å². The van der Waals surface area contributed by atoms with Gasteiger partial charge in [0, 0.05) is 19.3 Å². The van der Waals surface area contributed by atoms with Gasteiger partial charge < -0.3 is 14.2 Å². The molecule has 0 rings (SSSR count). The van der Waals surface area contributed by atoms with Crippen LogP contribution in [0.4, 0.5) is 0 Å². The second-order valence-electron chi connectivity index (χ2n) is 19.1. The summed E-state index contributed by atoms with van der Waals surface area (Å²) in [6.07, 6.45) is 95.1. The number of rotatable bonds is 52. The van der Waals surface area contributed by atoms with E-state index >= 15 is 0 Å². The molecule has 0 amide bonds. The predicted octanol–water partition coefficient (Wildman–Crippen LogP) is 20.9. The lowest BCUT2D eigenvalue weighted by atomic mass is 10.1. The molecule has 0 aromatic rings. The molecule has 0 spiro atoms. The number of carbonyl (C=O) groups is 3. The third-order valence-electron chi connectivity index (χ3n) is 11.9. The molecule has 0 aliphatic heterocycles. The highest BCUT2D eigenvalue weighted by Crippen LogP contribution is 2.12. The van der Waals surface area contributed by atoms with E-state index in [0.29, 0.717) is 12.8 Å². The van der Waals surface area contributed by atoms with Crippen LogP contribution in [-0.2, 0) is 28.6 Å². The Bertz CT molecular complexity index is 1840. The standard InChI is InChI=1S/C71H108O6/c1-4-7-10-13-15-17-19-21-23-25-27-29-31-33-34-35-36-38-39-41-43-45-47-49-51-53-55-58-61-64-70(73)76-67-68(66-75-69(72)63-60-57-12-9-6-3)77-71(74)65-62-59-56-54-52-50-48-46-44-42-40-37-32-30-28-26-24-22-20-18-16-14-11-8-5-2/h7-8,10-11,15-18,21-24,27-30,33-34,36-38,40-41,43-44,46-47,49,53,55,68H,4-6,9,12-14,19-20,25-26,31-32,35,39,42,45,48,50-52,54,56-67H2,1-3H3/b10-7-,11-8-,17-15-,18-16-,23-21-,24-22-,29-27-,30-28-,34-33-,38-36-,40-37-,43-41-,46-44-,49-47-,55-53-. The molecule has 0 bridgehead atoms. The Kier molecular flexibility index (Phi) is 58.6. The molecule has 77 heavy (non-hydrogen) atoms. The van der Waals surface area contributed by atoms with Crippen molar-refractivity contribution in [2.75, 3.05) is 13.2 Å². The molecule has 0 aromatic heterocycles. The zero-order valence-electron chi connectivity index (χ0n) is 48.9. The van der Waals surface area contributed by atoms with Crippen LogP contribution in [0.1, 0.15) is 226 Å². The fraction of sp³-hybridized carbons (Fsp3) is 0.535. The fourth-order valence-corrected chi connectivity index (χ4v) is 7.45. The smallest absolute Gasteiger partial charge is 0.306 e. The largest absolute Gasteiger partial charge is 0.462 e. The summed E-state index contributed by atoms with van der Waals surface area (Å²) in [6.45, 7) is 6.24. The van der Waals surface area contributed by atoms with Crippen molar-refractivity contribution in [1.29, 1.82) is 0 Å². The van der Waals surface area contributed by atoms with Crippen LogP contribution in [0.3, 0.4) is 0 Å². The Hall–Kier alpha value is -5.49. The van der Waals surface area contributed by atoms with Gasteiger partial charge in [-0.15, -0.1) is 0 Å². The number of allylic oxidation sites excluding steroid dienone is 30. The van der Waals surface area contributed by atoms with Crippen molar-refractivity contribution in [1.82, 2.24) is 0 Å². The molecule has 428 valence electrons. The molecule has 6 nitrogen and oxygen atoms in total. The van der Waals surface area contributed by atoms with Gasteiger partial charge in [-0.1, -0.05) is 254 Å². The van der Waals surface area contributed by atoms with E-state index in [-0.39, 0.29) is 44.0 Å². The summed E-state index contributed by atoms with van der Waals surface area (Å²) >= 11 is 0. The molecule has 0 aromatic carbocycles. The number of hydrogen-bond acceptors (Lipinski definition) is 6. The van der Waals surface area contributed by atoms with E-state index in [4.69, 9.17) is 14.2 Å². The van der Waals surface area contributed by atoms with E-state index in [2.05, 4.69) is 203 Å². The van der Waals surface area contributed by atoms with Gasteiger partial charge in [-0.05, 0) is 135 Å². The zero-order valence-corrected chi connectivity index (χ0v) is 48.9. The number of unbranched alkanes of at least 4 members (excludes halogenated alkanes) is 11. The molecular weight excluding hydrogens is 949 g/mol. The van der Waals surface area contributed by atoms with E-state index in [1.54, 1.807) is 0 Å². The highest BCUT2D eigenvalue weighted by atomic mass is 16.6. The molecule has 0 heterocycles. The van der Waals surface area contributed by atoms with Crippen molar-refractivity contribution < 1.29 is 28.6 Å². The Morgan fingerprint density at radius 3 is 0.844 bits per heavy atom. The highest BCUT2D eigenvalue weighted by Gasteiger charge is 2.19. The molecule has 0 saturated heterocycles. The maximum atomic E-state index is 12.8. The van der Waals surface area contributed by atoms with Gasteiger partial charge in [0.05, 0.1) is 0 Å². The normalized spacial score (nSPS) is 13.4. The van der Waals surface area contributed by atoms with Crippen molar-refractivity contribution in [3.05, 3.63) is 182 Å². The van der Waals surface area contributed by atoms with Crippen LogP contribution in [0.25, 0.3) is 0 Å². The first-order valence-corrected chi connectivity index (χ1v) is 30.3. The third-order valence-corrected chi connectivity index (χ3v) is 11.9. The van der Waals surface area contributed by atoms with Gasteiger partial charge in [0.2, 0.25) is 0 Å². The monoisotopic (exact) mass is 1060 g/mol. The summed E-state index contributed by atoms with van der Waals surface area (Å²) in [4.78, 5) is 37.9. The number of hydrogen-bond donors (Lipinski definition) is 0. The lowest BCUT2D eigenvalue weighted by Crippen LogP contribution is -2.30. The van der Waals surface area contributed by atoms with Gasteiger partial charge >= 0.3 is 17.9 Å². The van der Waals surface area contributed by atoms with Crippen LogP contribution in [0.2, 0.25) is 0 Å². The third kappa shape index (κ3) is 61.2. The minimum absolute atomic E-state index is 0.112. The van der Waals surface area contributed by atoms with Gasteiger partial charge in [-0.2, -0.15) is 0 Å². The SMILES string of the molecule is CC/C=C\C/C=C\C/C=C\C/C=C\C/C=C\C/C=C\C/C=C\C/C=C\C/C=C\CCCC(=O)OCC(COC(=O)CCCCCCC)OC(=O)CCCCCCCC/C=C\C/C=C\C/C=C\C/C=C\C/C=C\C/C=C\CC. The van der Waals surface area contributed by atoms with E-state index in [9.17, 15) is 14.4 Å². The average molecular weight is 1060 g/mol. The van der Waals surface area contributed by atoms with Gasteiger partial charge in [0.1, 0.15) is 13.2 Å². The van der Waals surface area contributed by atoms with E-state index in [1.165, 1.54) is 12.8 Å². The van der Waals surface area contributed by atoms with E-state index in [0.717, 1.165) is 167 Å². The first kappa shape index (κ1) is 71.5. The summed E-state index contributed by atoms with van der Waals surface area (Å²) in [7, 11) is 0. The summed E-state index contributed by atoms with van der Waals surface area (Å²) in [6, 6.07) is 0. The molecular formula is C71H108O6. The fourth-order valence-electron chi connectivity index (χ4n) is 7.45. The molecule has 1 unspecified atom stereocenters. The summed E-state index contributed by atoms with van der Waals surface area (Å²) in [5, 5.41) is 0. The molecule has 0 N–H and O–H groups in total. The summed E-state index contributed by atoms with van der Waals surface area (Å²) < 4.78 is 16.7. The van der Waals surface area contributed by atoms with Crippen molar-refractivity contribution in [3.8, 4) is 0 Å². The number of carbonyl (C=O) groups excluding carboxylic acids is 3. The van der Waals surface area contributed by atoms with E-state index < -0.39 is 6.10 Å². The highest BCUT2D eigenvalue weighted by molar-refractivity contribution is 5.71. The quantitative estimate of drug-likeness (QED) is 0.0261. The molecule has 0 aliphatic rings. The topological polar surface area (TPSA) is 78.9 Å². The van der Waals surface area contributed by atoms with Crippen LogP contribution in [0, 0.1) is 0 Å². The van der Waals surface area contributed by atoms with Gasteiger partial charge in [0.15, 0.2) is 6.10 Å². The molecule has 0 radical (unpaired) electrons. The first-order chi connectivity index (χ1) is 38.0. The average Bonchev–Trinajstić information content (AvgIpc) is 3.43. The van der Waals surface area contributed by atoms with Crippen molar-refractivity contribution in [2.45, 2.75) is 232 Å². The summed E-state index contributed by atoms with van der Waals surface area (Å²) in [5.41, 5.74) is 0. The molecule has 1 atom stereocenters. The van der Waals surface area contributed by atoms with Gasteiger partial charge in [-0.3, -0.25) is 14.4 Å². The Labute approximate surface area is 472 Å². The zero-order chi connectivity index (χ0) is 55.7. The van der Waals surface area contributed by atoms with Crippen molar-refractivity contribution in [2.24, 2.45) is 0 Å². The van der Waals surface area contributed by atoms with Crippen LogP contribution < -0.4 is 0 Å². The van der Waals surface area contributed by atoms with Crippen molar-refractivity contribution in [3.63, 3.8) is 0 Å². The van der Waals surface area contributed by atoms with Crippen LogP contribution in [0.5, 0.6) is 0 Å². The number of ether oxygens (including phenoxy) is 3. The molecule has 0 saturated carbocycles. The first-order valence-electron chi connectivity index (χ1n) is 30.3. The minimum atomic E-state index is -0.817.